The topological polar surface area (TPSA) is 66.5 Å². The predicted octanol–water partition coefficient (Wildman–Crippen LogP) is 4.98. The Morgan fingerprint density at radius 1 is 0.939 bits per heavy atom. The summed E-state index contributed by atoms with van der Waals surface area (Å²) in [4.78, 5) is 13.0. The smallest absolute Gasteiger partial charge is 0.243 e. The Bertz CT molecular complexity index is 1150. The summed E-state index contributed by atoms with van der Waals surface area (Å²) in [5.74, 6) is -0.333. The van der Waals surface area contributed by atoms with Gasteiger partial charge in [0.25, 0.3) is 0 Å². The molecule has 3 aromatic carbocycles. The van der Waals surface area contributed by atoms with Gasteiger partial charge in [-0.15, -0.1) is 0 Å². The molecule has 0 saturated heterocycles. The van der Waals surface area contributed by atoms with Crippen molar-refractivity contribution in [3.8, 4) is 0 Å². The first-order valence-electron chi connectivity index (χ1n) is 10.9. The Labute approximate surface area is 201 Å². The molecule has 0 fully saturated rings. The van der Waals surface area contributed by atoms with Gasteiger partial charge < -0.3 is 5.32 Å². The van der Waals surface area contributed by atoms with E-state index in [-0.39, 0.29) is 29.9 Å². The van der Waals surface area contributed by atoms with Crippen molar-refractivity contribution in [2.45, 2.75) is 44.2 Å². The monoisotopic (exact) mass is 484 g/mol. The third-order valence-corrected chi connectivity index (χ3v) is 7.43. The molecule has 5 nitrogen and oxygen atoms in total. The van der Waals surface area contributed by atoms with Crippen LogP contribution < -0.4 is 5.32 Å². The fourth-order valence-corrected chi connectivity index (χ4v) is 4.97. The van der Waals surface area contributed by atoms with Crippen molar-refractivity contribution in [1.82, 2.24) is 9.62 Å². The fourth-order valence-electron chi connectivity index (χ4n) is 3.46. The van der Waals surface area contributed by atoms with Gasteiger partial charge in [0.2, 0.25) is 15.9 Å². The van der Waals surface area contributed by atoms with Gasteiger partial charge in [-0.3, -0.25) is 4.79 Å². The highest BCUT2D eigenvalue weighted by molar-refractivity contribution is 7.89. The summed E-state index contributed by atoms with van der Waals surface area (Å²) in [5.41, 5.74) is 2.91. The number of nitrogens with one attached hydrogen (secondary N) is 1. The van der Waals surface area contributed by atoms with Crippen LogP contribution in [0.2, 0.25) is 5.02 Å². The van der Waals surface area contributed by atoms with E-state index in [9.17, 15) is 13.2 Å². The number of aryl methyl sites for hydroxylation is 2. The van der Waals surface area contributed by atoms with E-state index in [2.05, 4.69) is 17.4 Å². The minimum atomic E-state index is -3.87. The molecule has 7 heteroatoms. The lowest BCUT2D eigenvalue weighted by atomic mass is 10.1. The van der Waals surface area contributed by atoms with Crippen LogP contribution >= 0.6 is 11.6 Å². The largest absolute Gasteiger partial charge is 0.352 e. The van der Waals surface area contributed by atoms with E-state index >= 15 is 0 Å². The summed E-state index contributed by atoms with van der Waals surface area (Å²) in [5, 5.41) is 3.51. The van der Waals surface area contributed by atoms with Crippen LogP contribution in [0.3, 0.4) is 0 Å². The molecule has 0 bridgehead atoms. The van der Waals surface area contributed by atoms with Crippen LogP contribution in [0, 0.1) is 6.92 Å². The van der Waals surface area contributed by atoms with Crippen LogP contribution in [0.4, 0.5) is 0 Å². The molecule has 0 aliphatic carbocycles. The van der Waals surface area contributed by atoms with E-state index in [1.165, 1.54) is 9.87 Å². The number of hydrogen-bond acceptors (Lipinski definition) is 3. The van der Waals surface area contributed by atoms with Gasteiger partial charge in [-0.1, -0.05) is 71.8 Å². The van der Waals surface area contributed by atoms with E-state index in [1.807, 2.05) is 32.0 Å². The lowest BCUT2D eigenvalue weighted by Crippen LogP contribution is -2.43. The van der Waals surface area contributed by atoms with Gasteiger partial charge >= 0.3 is 0 Å². The summed E-state index contributed by atoms with van der Waals surface area (Å²) in [7, 11) is -3.87. The minimum Gasteiger partial charge on any atom is -0.352 e. The lowest BCUT2D eigenvalue weighted by Gasteiger charge is -2.23. The van der Waals surface area contributed by atoms with Gasteiger partial charge in [-0.05, 0) is 62.1 Å². The zero-order valence-electron chi connectivity index (χ0n) is 18.9. The van der Waals surface area contributed by atoms with E-state index in [4.69, 9.17) is 11.6 Å². The molecule has 0 radical (unpaired) electrons. The number of rotatable bonds is 10. The maximum Gasteiger partial charge on any atom is 0.243 e. The number of carbonyl (C=O) groups excluding carboxylic acids is 1. The second-order valence-electron chi connectivity index (χ2n) is 8.21. The second kappa shape index (κ2) is 11.5. The van der Waals surface area contributed by atoms with Gasteiger partial charge in [0.1, 0.15) is 0 Å². The molecule has 1 amide bonds. The summed E-state index contributed by atoms with van der Waals surface area (Å²) < 4.78 is 27.9. The standard InChI is InChI=1S/C26H29ClN2O3S/c1-20-8-16-25(17-9-20)33(31,32)29(18-23-12-14-24(27)15-13-23)19-26(30)28-21(2)10-11-22-6-4-3-5-7-22/h3-9,12-17,21H,10-11,18-19H2,1-2H3,(H,28,30)/t21-/m0/s1. The van der Waals surface area contributed by atoms with Crippen molar-refractivity contribution in [2.75, 3.05) is 6.54 Å². The van der Waals surface area contributed by atoms with Crippen molar-refractivity contribution < 1.29 is 13.2 Å². The third-order valence-electron chi connectivity index (χ3n) is 5.37. The predicted molar refractivity (Wildman–Crippen MR) is 133 cm³/mol. The molecule has 0 aliphatic rings. The van der Waals surface area contributed by atoms with Crippen molar-refractivity contribution in [3.63, 3.8) is 0 Å². The molecule has 0 aliphatic heterocycles. The Kier molecular flexibility index (Phi) is 8.67. The number of halogens is 1. The second-order valence-corrected chi connectivity index (χ2v) is 10.6. The molecule has 0 unspecified atom stereocenters. The lowest BCUT2D eigenvalue weighted by molar-refractivity contribution is -0.122. The molecule has 3 rings (SSSR count). The van der Waals surface area contributed by atoms with Gasteiger partial charge in [-0.25, -0.2) is 8.42 Å². The maximum atomic E-state index is 13.4. The van der Waals surface area contributed by atoms with Crippen molar-refractivity contribution in [3.05, 3.63) is 101 Å². The summed E-state index contributed by atoms with van der Waals surface area (Å²) in [6.07, 6.45) is 1.59. The van der Waals surface area contributed by atoms with E-state index in [0.29, 0.717) is 5.02 Å². The van der Waals surface area contributed by atoms with E-state index < -0.39 is 10.0 Å². The first-order valence-corrected chi connectivity index (χ1v) is 12.7. The Hall–Kier alpha value is -2.67. The summed E-state index contributed by atoms with van der Waals surface area (Å²) in [6.45, 7) is 3.62. The molecule has 0 spiro atoms. The molecule has 1 atom stereocenters. The highest BCUT2D eigenvalue weighted by Crippen LogP contribution is 2.20. The summed E-state index contributed by atoms with van der Waals surface area (Å²) >= 11 is 5.97. The number of hydrogen-bond donors (Lipinski definition) is 1. The molecule has 0 aromatic heterocycles. The third kappa shape index (κ3) is 7.42. The molecule has 174 valence electrons. The first kappa shape index (κ1) is 25.0. The molecular weight excluding hydrogens is 456 g/mol. The van der Waals surface area contributed by atoms with Crippen LogP contribution in [0.1, 0.15) is 30.0 Å². The average Bonchev–Trinajstić information content (AvgIpc) is 2.79. The molecule has 3 aromatic rings. The normalized spacial score (nSPS) is 12.5. The molecule has 0 saturated carbocycles. The summed E-state index contributed by atoms with van der Waals surface area (Å²) in [6, 6.07) is 23.5. The highest BCUT2D eigenvalue weighted by Gasteiger charge is 2.27. The van der Waals surface area contributed by atoms with Crippen molar-refractivity contribution >= 4 is 27.5 Å². The average molecular weight is 485 g/mol. The van der Waals surface area contributed by atoms with Crippen LogP contribution in [-0.4, -0.2) is 31.2 Å². The number of sulfonamides is 1. The number of amides is 1. The zero-order chi connectivity index (χ0) is 23.8. The van der Waals surface area contributed by atoms with Gasteiger partial charge in [0.15, 0.2) is 0 Å². The maximum absolute atomic E-state index is 13.4. The Morgan fingerprint density at radius 2 is 1.58 bits per heavy atom. The van der Waals surface area contributed by atoms with Crippen LogP contribution in [0.25, 0.3) is 0 Å². The first-order chi connectivity index (χ1) is 15.7. The SMILES string of the molecule is Cc1ccc(S(=O)(=O)N(CC(=O)N[C@@H](C)CCc2ccccc2)Cc2ccc(Cl)cc2)cc1. The zero-order valence-corrected chi connectivity index (χ0v) is 20.4. The molecule has 1 N–H and O–H groups in total. The van der Waals surface area contributed by atoms with E-state index in [0.717, 1.165) is 24.0 Å². The minimum absolute atomic E-state index is 0.0686. The van der Waals surface area contributed by atoms with Crippen molar-refractivity contribution in [1.29, 1.82) is 0 Å². The number of nitrogens with zero attached hydrogens (tertiary/aromatic N) is 1. The van der Waals surface area contributed by atoms with Gasteiger partial charge in [0.05, 0.1) is 11.4 Å². The Balaban J connectivity index is 1.72. The van der Waals surface area contributed by atoms with Gasteiger partial charge in [-0.2, -0.15) is 4.31 Å². The molecular formula is C26H29ClN2O3S. The fraction of sp³-hybridized carbons (Fsp3) is 0.269. The molecule has 33 heavy (non-hydrogen) atoms. The van der Waals surface area contributed by atoms with Crippen LogP contribution in [0.15, 0.2) is 83.8 Å². The van der Waals surface area contributed by atoms with Crippen LogP contribution in [-0.2, 0) is 27.8 Å². The Morgan fingerprint density at radius 3 is 2.21 bits per heavy atom. The van der Waals surface area contributed by atoms with Gasteiger partial charge in [0, 0.05) is 17.6 Å². The number of benzene rings is 3. The van der Waals surface area contributed by atoms with Crippen LogP contribution in [0.5, 0.6) is 0 Å². The van der Waals surface area contributed by atoms with E-state index in [1.54, 1.807) is 48.5 Å². The number of carbonyl (C=O) groups is 1. The van der Waals surface area contributed by atoms with Crippen molar-refractivity contribution in [2.24, 2.45) is 0 Å². The molecule has 0 heterocycles. The highest BCUT2D eigenvalue weighted by atomic mass is 35.5. The quantitative estimate of drug-likeness (QED) is 0.441.